The fraction of sp³-hybridized carbons (Fsp3) is 0.450. The molecule has 2 aromatic rings. The molecule has 0 spiro atoms. The van der Waals surface area contributed by atoms with E-state index in [0.717, 1.165) is 31.3 Å². The van der Waals surface area contributed by atoms with Crippen LogP contribution in [0.2, 0.25) is 0 Å². The molecule has 1 fully saturated rings. The fourth-order valence-electron chi connectivity index (χ4n) is 3.03. The first kappa shape index (κ1) is 22.6. The van der Waals surface area contributed by atoms with Crippen molar-refractivity contribution in [1.29, 1.82) is 0 Å². The molecule has 0 radical (unpaired) electrons. The zero-order valence-electron chi connectivity index (χ0n) is 15.8. The fourth-order valence-corrected chi connectivity index (χ4v) is 3.03. The van der Waals surface area contributed by atoms with Crippen LogP contribution in [0.5, 0.6) is 0 Å². The van der Waals surface area contributed by atoms with Gasteiger partial charge in [0.25, 0.3) is 0 Å². The second-order valence-electron chi connectivity index (χ2n) is 6.61. The van der Waals surface area contributed by atoms with Crippen molar-refractivity contribution < 1.29 is 17.9 Å². The van der Waals surface area contributed by atoms with Crippen LogP contribution in [0.1, 0.15) is 37.1 Å². The average molecular weight is 505 g/mol. The maximum absolute atomic E-state index is 14.0. The third-order valence-electron chi connectivity index (χ3n) is 4.50. The van der Waals surface area contributed by atoms with Crippen LogP contribution in [0, 0.1) is 11.6 Å². The molecule has 8 heteroatoms. The van der Waals surface area contributed by atoms with Crippen molar-refractivity contribution in [3.05, 3.63) is 59.6 Å². The Kier molecular flexibility index (Phi) is 9.17. The van der Waals surface area contributed by atoms with E-state index in [1.807, 2.05) is 19.1 Å². The summed E-state index contributed by atoms with van der Waals surface area (Å²) in [6, 6.07) is 6.98. The molecule has 1 aromatic carbocycles. The smallest absolute Gasteiger partial charge is 0.191 e. The molecule has 0 aliphatic carbocycles. The Morgan fingerprint density at radius 1 is 1.32 bits per heavy atom. The van der Waals surface area contributed by atoms with Gasteiger partial charge in [-0.2, -0.15) is 0 Å². The highest BCUT2D eigenvalue weighted by atomic mass is 127. The number of hydrogen-bond donors (Lipinski definition) is 2. The summed E-state index contributed by atoms with van der Waals surface area (Å²) in [6.07, 6.45) is 4.50. The summed E-state index contributed by atoms with van der Waals surface area (Å²) in [4.78, 5) is 4.58. The first-order valence-electron chi connectivity index (χ1n) is 9.25. The van der Waals surface area contributed by atoms with E-state index in [0.29, 0.717) is 31.0 Å². The summed E-state index contributed by atoms with van der Waals surface area (Å²) in [7, 11) is 0. The highest BCUT2D eigenvalue weighted by Gasteiger charge is 2.17. The minimum atomic E-state index is -0.590. The molecule has 1 aliphatic rings. The number of halogens is 3. The number of ether oxygens (including phenoxy) is 1. The molecule has 0 bridgehead atoms. The summed E-state index contributed by atoms with van der Waals surface area (Å²) >= 11 is 0. The van der Waals surface area contributed by atoms with Crippen molar-refractivity contribution in [1.82, 2.24) is 10.6 Å². The monoisotopic (exact) mass is 505 g/mol. The van der Waals surface area contributed by atoms with Crippen LogP contribution in [0.4, 0.5) is 8.78 Å². The van der Waals surface area contributed by atoms with Crippen LogP contribution in [0.25, 0.3) is 0 Å². The van der Waals surface area contributed by atoms with Crippen LogP contribution in [0.15, 0.2) is 46.0 Å². The van der Waals surface area contributed by atoms with Gasteiger partial charge in [0.1, 0.15) is 17.4 Å². The van der Waals surface area contributed by atoms with Crippen LogP contribution in [-0.4, -0.2) is 31.8 Å². The zero-order valence-corrected chi connectivity index (χ0v) is 18.1. The largest absolute Gasteiger partial charge is 0.469 e. The molecular weight excluding hydrogens is 479 g/mol. The molecule has 2 heterocycles. The van der Waals surface area contributed by atoms with Gasteiger partial charge >= 0.3 is 0 Å². The van der Waals surface area contributed by atoms with Crippen LogP contribution >= 0.6 is 24.0 Å². The van der Waals surface area contributed by atoms with E-state index in [2.05, 4.69) is 15.6 Å². The number of rotatable bonds is 7. The van der Waals surface area contributed by atoms with Gasteiger partial charge in [-0.05, 0) is 38.0 Å². The molecule has 5 nitrogen and oxygen atoms in total. The number of aliphatic imine (C=N–C) groups is 1. The number of nitrogens with zero attached hydrogens (tertiary/aromatic N) is 1. The topological polar surface area (TPSA) is 58.8 Å². The lowest BCUT2D eigenvalue weighted by Crippen LogP contribution is -2.40. The van der Waals surface area contributed by atoms with Gasteiger partial charge in [0.05, 0.1) is 25.0 Å². The van der Waals surface area contributed by atoms with E-state index in [-0.39, 0.29) is 36.1 Å². The van der Waals surface area contributed by atoms with Gasteiger partial charge < -0.3 is 19.8 Å². The predicted octanol–water partition coefficient (Wildman–Crippen LogP) is 4.19. The van der Waals surface area contributed by atoms with Gasteiger partial charge in [-0.15, -0.1) is 24.0 Å². The lowest BCUT2D eigenvalue weighted by Gasteiger charge is -2.19. The third kappa shape index (κ3) is 6.73. The van der Waals surface area contributed by atoms with Crippen molar-refractivity contribution >= 4 is 29.9 Å². The van der Waals surface area contributed by atoms with Crippen molar-refractivity contribution in [2.75, 3.05) is 19.7 Å². The van der Waals surface area contributed by atoms with E-state index in [1.54, 1.807) is 6.26 Å². The van der Waals surface area contributed by atoms with Crippen LogP contribution in [0.3, 0.4) is 0 Å². The molecule has 0 amide bonds. The SMILES string of the molecule is CC(NC(=NCC1CCCO1)NCCc1ccco1)c1ccc(F)cc1F.I. The van der Waals surface area contributed by atoms with Gasteiger partial charge in [-0.1, -0.05) is 6.07 Å². The first-order chi connectivity index (χ1) is 13.1. The van der Waals surface area contributed by atoms with E-state index in [1.165, 1.54) is 12.1 Å². The van der Waals surface area contributed by atoms with Gasteiger partial charge in [0.15, 0.2) is 5.96 Å². The first-order valence-corrected chi connectivity index (χ1v) is 9.25. The third-order valence-corrected chi connectivity index (χ3v) is 4.50. The quantitative estimate of drug-likeness (QED) is 0.337. The van der Waals surface area contributed by atoms with E-state index in [4.69, 9.17) is 9.15 Å². The van der Waals surface area contributed by atoms with E-state index >= 15 is 0 Å². The minimum absolute atomic E-state index is 0. The molecule has 1 saturated heterocycles. The lowest BCUT2D eigenvalue weighted by atomic mass is 10.1. The van der Waals surface area contributed by atoms with Gasteiger partial charge in [-0.3, -0.25) is 4.99 Å². The molecule has 1 aromatic heterocycles. The van der Waals surface area contributed by atoms with E-state index < -0.39 is 11.6 Å². The maximum Gasteiger partial charge on any atom is 0.191 e. The normalized spacial score (nSPS) is 17.8. The highest BCUT2D eigenvalue weighted by molar-refractivity contribution is 14.0. The molecule has 2 atom stereocenters. The second-order valence-corrected chi connectivity index (χ2v) is 6.61. The standard InChI is InChI=1S/C20H25F2N3O2.HI/c1-14(18-7-6-15(21)12-19(18)22)25-20(24-13-17-5-3-11-27-17)23-9-8-16-4-2-10-26-16;/h2,4,6-7,10,12,14,17H,3,5,8-9,11,13H2,1H3,(H2,23,24,25);1H. The summed E-state index contributed by atoms with van der Waals surface area (Å²) in [5.74, 6) is 0.267. The summed E-state index contributed by atoms with van der Waals surface area (Å²) < 4.78 is 38.1. The molecule has 3 rings (SSSR count). The summed E-state index contributed by atoms with van der Waals surface area (Å²) in [5.41, 5.74) is 0.383. The van der Waals surface area contributed by atoms with Crippen LogP contribution < -0.4 is 10.6 Å². The number of furan rings is 1. The Hall–Kier alpha value is -1.68. The number of nitrogens with one attached hydrogen (secondary N) is 2. The second kappa shape index (κ2) is 11.4. The number of hydrogen-bond acceptors (Lipinski definition) is 3. The lowest BCUT2D eigenvalue weighted by molar-refractivity contribution is 0.117. The molecule has 2 unspecified atom stereocenters. The highest BCUT2D eigenvalue weighted by Crippen LogP contribution is 2.18. The molecule has 0 saturated carbocycles. The molecule has 154 valence electrons. The molecule has 2 N–H and O–H groups in total. The number of benzene rings is 1. The minimum Gasteiger partial charge on any atom is -0.469 e. The Morgan fingerprint density at radius 3 is 2.86 bits per heavy atom. The Bertz CT molecular complexity index is 750. The average Bonchev–Trinajstić information content (AvgIpc) is 3.33. The van der Waals surface area contributed by atoms with Crippen molar-refractivity contribution in [2.45, 2.75) is 38.3 Å². The molecule has 1 aliphatic heterocycles. The van der Waals surface area contributed by atoms with Gasteiger partial charge in [0.2, 0.25) is 0 Å². The maximum atomic E-state index is 14.0. The van der Waals surface area contributed by atoms with Gasteiger partial charge in [0, 0.05) is 31.2 Å². The van der Waals surface area contributed by atoms with Crippen molar-refractivity contribution in [2.24, 2.45) is 4.99 Å². The van der Waals surface area contributed by atoms with Gasteiger partial charge in [-0.25, -0.2) is 8.78 Å². The van der Waals surface area contributed by atoms with Crippen molar-refractivity contribution in [3.8, 4) is 0 Å². The number of guanidine groups is 1. The Balaban J connectivity index is 0.00000280. The predicted molar refractivity (Wildman–Crippen MR) is 115 cm³/mol. The summed E-state index contributed by atoms with van der Waals surface area (Å²) in [6.45, 7) is 3.73. The van der Waals surface area contributed by atoms with Crippen molar-refractivity contribution in [3.63, 3.8) is 0 Å². The van der Waals surface area contributed by atoms with Crippen LogP contribution in [-0.2, 0) is 11.2 Å². The zero-order chi connectivity index (χ0) is 19.1. The molecular formula is C20H26F2IN3O2. The Labute approximate surface area is 181 Å². The summed E-state index contributed by atoms with van der Waals surface area (Å²) in [5, 5.41) is 6.43. The Morgan fingerprint density at radius 2 is 2.18 bits per heavy atom. The molecule has 28 heavy (non-hydrogen) atoms. The van der Waals surface area contributed by atoms with E-state index in [9.17, 15) is 8.78 Å².